The molecule has 2 aromatic carbocycles. The number of hydrogen-bond acceptors (Lipinski definition) is 5. The maximum Gasteiger partial charge on any atom is 0.295 e. The Balaban J connectivity index is 1.57. The standard InChI is InChI=1S/C23H21N5O4/c1-14-12-19(26-32-14)22(30)24-17-9-7-8-16(13-17)21(29)25-20-15(2)27(3)28(23(20)31)18-10-5-4-6-11-18/h4-13H,1-3H3,(H,24,30)(H,25,29). The van der Waals surface area contributed by atoms with Crippen molar-refractivity contribution < 1.29 is 14.1 Å². The third kappa shape index (κ3) is 3.95. The molecule has 0 aliphatic carbocycles. The molecule has 32 heavy (non-hydrogen) atoms. The molecular formula is C23H21N5O4. The highest BCUT2D eigenvalue weighted by Gasteiger charge is 2.19. The highest BCUT2D eigenvalue weighted by molar-refractivity contribution is 6.07. The van der Waals surface area contributed by atoms with Gasteiger partial charge in [-0.15, -0.1) is 0 Å². The van der Waals surface area contributed by atoms with Crippen LogP contribution in [0.2, 0.25) is 0 Å². The van der Waals surface area contributed by atoms with Gasteiger partial charge < -0.3 is 15.2 Å². The van der Waals surface area contributed by atoms with Gasteiger partial charge in [-0.25, -0.2) is 4.68 Å². The Bertz CT molecular complexity index is 1360. The molecule has 2 N–H and O–H groups in total. The van der Waals surface area contributed by atoms with Crippen molar-refractivity contribution in [3.05, 3.63) is 93.7 Å². The first-order chi connectivity index (χ1) is 15.3. The van der Waals surface area contributed by atoms with Crippen LogP contribution in [-0.4, -0.2) is 26.3 Å². The van der Waals surface area contributed by atoms with Crippen molar-refractivity contribution in [3.8, 4) is 5.69 Å². The predicted octanol–water partition coefficient (Wildman–Crippen LogP) is 3.29. The second-order valence-electron chi connectivity index (χ2n) is 7.25. The van der Waals surface area contributed by atoms with E-state index in [1.54, 1.807) is 43.8 Å². The van der Waals surface area contributed by atoms with E-state index in [2.05, 4.69) is 15.8 Å². The number of aryl methyl sites for hydroxylation is 1. The number of nitrogens with zero attached hydrogens (tertiary/aromatic N) is 3. The Morgan fingerprint density at radius 3 is 2.38 bits per heavy atom. The number of aromatic nitrogens is 3. The summed E-state index contributed by atoms with van der Waals surface area (Å²) in [5, 5.41) is 9.06. The minimum atomic E-state index is -0.468. The van der Waals surface area contributed by atoms with Crippen LogP contribution in [0, 0.1) is 13.8 Å². The number of carbonyl (C=O) groups excluding carboxylic acids is 2. The largest absolute Gasteiger partial charge is 0.361 e. The third-order valence-corrected chi connectivity index (χ3v) is 5.04. The molecule has 162 valence electrons. The summed E-state index contributed by atoms with van der Waals surface area (Å²) < 4.78 is 8.08. The molecule has 0 radical (unpaired) electrons. The van der Waals surface area contributed by atoms with Crippen molar-refractivity contribution in [2.24, 2.45) is 7.05 Å². The first-order valence-corrected chi connectivity index (χ1v) is 9.85. The number of rotatable bonds is 5. The lowest BCUT2D eigenvalue weighted by Crippen LogP contribution is -2.23. The number of benzene rings is 2. The van der Waals surface area contributed by atoms with Crippen molar-refractivity contribution in [2.75, 3.05) is 10.6 Å². The van der Waals surface area contributed by atoms with Crippen LogP contribution in [0.15, 0.2) is 70.0 Å². The van der Waals surface area contributed by atoms with E-state index in [4.69, 9.17) is 4.52 Å². The zero-order valence-corrected chi connectivity index (χ0v) is 17.7. The summed E-state index contributed by atoms with van der Waals surface area (Å²) in [6, 6.07) is 17.1. The van der Waals surface area contributed by atoms with E-state index in [0.29, 0.717) is 22.8 Å². The lowest BCUT2D eigenvalue weighted by Gasteiger charge is -2.07. The maximum atomic E-state index is 13.0. The molecule has 4 aromatic rings. The molecule has 9 nitrogen and oxygen atoms in total. The van der Waals surface area contributed by atoms with Crippen molar-refractivity contribution >= 4 is 23.2 Å². The number of hydrogen-bond donors (Lipinski definition) is 2. The third-order valence-electron chi connectivity index (χ3n) is 5.04. The smallest absolute Gasteiger partial charge is 0.295 e. The van der Waals surface area contributed by atoms with Crippen molar-refractivity contribution in [1.82, 2.24) is 14.5 Å². The van der Waals surface area contributed by atoms with Crippen LogP contribution in [0.5, 0.6) is 0 Å². The molecule has 0 spiro atoms. The number of carbonyl (C=O) groups is 2. The molecule has 0 unspecified atom stereocenters. The van der Waals surface area contributed by atoms with Gasteiger partial charge in [-0.05, 0) is 44.2 Å². The molecule has 0 fully saturated rings. The molecule has 2 aromatic heterocycles. The zero-order chi connectivity index (χ0) is 22.8. The number of nitrogens with one attached hydrogen (secondary N) is 2. The Hall–Kier alpha value is -4.40. The Labute approximate surface area is 183 Å². The van der Waals surface area contributed by atoms with Gasteiger partial charge in [0.25, 0.3) is 17.4 Å². The van der Waals surface area contributed by atoms with Gasteiger partial charge in [0.15, 0.2) is 5.69 Å². The topological polar surface area (TPSA) is 111 Å². The van der Waals surface area contributed by atoms with Crippen LogP contribution in [0.25, 0.3) is 5.69 Å². The fraction of sp³-hybridized carbons (Fsp3) is 0.130. The van der Waals surface area contributed by atoms with Crippen LogP contribution in [-0.2, 0) is 7.05 Å². The van der Waals surface area contributed by atoms with Gasteiger partial charge in [0.1, 0.15) is 11.4 Å². The molecule has 0 aliphatic heterocycles. The molecule has 0 bridgehead atoms. The van der Waals surface area contributed by atoms with Gasteiger partial charge in [0.05, 0.1) is 11.4 Å². The monoisotopic (exact) mass is 431 g/mol. The Kier molecular flexibility index (Phi) is 5.46. The zero-order valence-electron chi connectivity index (χ0n) is 17.7. The van der Waals surface area contributed by atoms with Crippen molar-refractivity contribution in [3.63, 3.8) is 0 Å². The minimum absolute atomic E-state index is 0.138. The first kappa shape index (κ1) is 20.9. The summed E-state index contributed by atoms with van der Waals surface area (Å²) >= 11 is 0. The summed E-state index contributed by atoms with van der Waals surface area (Å²) in [5.41, 5.74) is 1.99. The Morgan fingerprint density at radius 1 is 0.938 bits per heavy atom. The molecule has 0 aliphatic rings. The molecule has 2 amide bonds. The van der Waals surface area contributed by atoms with Crippen LogP contribution in [0.1, 0.15) is 32.3 Å². The molecule has 0 atom stereocenters. The van der Waals surface area contributed by atoms with E-state index in [1.165, 1.54) is 16.8 Å². The average molecular weight is 431 g/mol. The highest BCUT2D eigenvalue weighted by atomic mass is 16.5. The summed E-state index contributed by atoms with van der Waals surface area (Å²) in [7, 11) is 1.75. The predicted molar refractivity (Wildman–Crippen MR) is 119 cm³/mol. The molecule has 0 saturated heterocycles. The summed E-state index contributed by atoms with van der Waals surface area (Å²) in [4.78, 5) is 38.2. The first-order valence-electron chi connectivity index (χ1n) is 9.85. The number of para-hydroxylation sites is 1. The van der Waals surface area contributed by atoms with E-state index in [0.717, 1.165) is 0 Å². The van der Waals surface area contributed by atoms with E-state index in [-0.39, 0.29) is 22.5 Å². The lowest BCUT2D eigenvalue weighted by atomic mass is 10.1. The number of amides is 2. The van der Waals surface area contributed by atoms with Gasteiger partial charge in [0, 0.05) is 24.4 Å². The maximum absolute atomic E-state index is 13.0. The normalized spacial score (nSPS) is 10.7. The van der Waals surface area contributed by atoms with Crippen LogP contribution < -0.4 is 16.2 Å². The molecule has 2 heterocycles. The van der Waals surface area contributed by atoms with Crippen LogP contribution in [0.4, 0.5) is 11.4 Å². The van der Waals surface area contributed by atoms with E-state index in [1.807, 2.05) is 30.3 Å². The molecule has 9 heteroatoms. The Morgan fingerprint density at radius 2 is 1.69 bits per heavy atom. The van der Waals surface area contributed by atoms with Gasteiger partial charge >= 0.3 is 0 Å². The second-order valence-corrected chi connectivity index (χ2v) is 7.25. The van der Waals surface area contributed by atoms with E-state index >= 15 is 0 Å². The van der Waals surface area contributed by atoms with Crippen molar-refractivity contribution in [2.45, 2.75) is 13.8 Å². The minimum Gasteiger partial charge on any atom is -0.361 e. The van der Waals surface area contributed by atoms with E-state index < -0.39 is 11.8 Å². The van der Waals surface area contributed by atoms with E-state index in [9.17, 15) is 14.4 Å². The van der Waals surface area contributed by atoms with Gasteiger partial charge in [-0.2, -0.15) is 0 Å². The second kappa shape index (κ2) is 8.38. The SMILES string of the molecule is Cc1cc(C(=O)Nc2cccc(C(=O)Nc3c(C)n(C)n(-c4ccccc4)c3=O)c2)no1. The average Bonchev–Trinajstić information content (AvgIpc) is 3.31. The molecular weight excluding hydrogens is 410 g/mol. The van der Waals surface area contributed by atoms with Gasteiger partial charge in [-0.3, -0.25) is 19.1 Å². The lowest BCUT2D eigenvalue weighted by molar-refractivity contribution is 0.101. The fourth-order valence-corrected chi connectivity index (χ4v) is 3.30. The summed E-state index contributed by atoms with van der Waals surface area (Å²) in [6.45, 7) is 3.44. The summed E-state index contributed by atoms with van der Waals surface area (Å²) in [5.74, 6) is -0.406. The number of anilines is 2. The highest BCUT2D eigenvalue weighted by Crippen LogP contribution is 2.17. The van der Waals surface area contributed by atoms with Crippen LogP contribution >= 0.6 is 0 Å². The quantitative estimate of drug-likeness (QED) is 0.504. The van der Waals surface area contributed by atoms with Crippen LogP contribution in [0.3, 0.4) is 0 Å². The summed E-state index contributed by atoms with van der Waals surface area (Å²) in [6.07, 6.45) is 0. The fourth-order valence-electron chi connectivity index (χ4n) is 3.30. The molecule has 0 saturated carbocycles. The van der Waals surface area contributed by atoms with Gasteiger partial charge in [-0.1, -0.05) is 29.4 Å². The van der Waals surface area contributed by atoms with Crippen molar-refractivity contribution in [1.29, 1.82) is 0 Å². The molecule has 4 rings (SSSR count). The van der Waals surface area contributed by atoms with Gasteiger partial charge in [0.2, 0.25) is 0 Å².